The van der Waals surface area contributed by atoms with E-state index in [-0.39, 0.29) is 11.9 Å². The van der Waals surface area contributed by atoms with Crippen LogP contribution in [-0.4, -0.2) is 23.2 Å². The molecule has 1 fully saturated rings. The van der Waals surface area contributed by atoms with Crippen LogP contribution in [-0.2, 0) is 4.74 Å². The summed E-state index contributed by atoms with van der Waals surface area (Å²) in [5.74, 6) is 0.447. The molecule has 1 atom stereocenters. The van der Waals surface area contributed by atoms with Crippen molar-refractivity contribution < 1.29 is 9.13 Å². The number of methoxy groups -OCH3 is 1. The van der Waals surface area contributed by atoms with Crippen molar-refractivity contribution in [2.75, 3.05) is 13.7 Å². The highest BCUT2D eigenvalue weighted by atomic mass is 19.1. The molecule has 1 unspecified atom stereocenters. The average Bonchev–Trinajstić information content (AvgIpc) is 3.13. The number of benzene rings is 1. The minimum Gasteiger partial charge on any atom is -0.372 e. The van der Waals surface area contributed by atoms with Gasteiger partial charge in [0.05, 0.1) is 5.52 Å². The maximum absolute atomic E-state index is 13.8. The van der Waals surface area contributed by atoms with E-state index < -0.39 is 0 Å². The third-order valence-electron chi connectivity index (χ3n) is 3.40. The number of hydrogen-bond acceptors (Lipinski definition) is 3. The lowest BCUT2D eigenvalue weighted by Crippen LogP contribution is -2.18. The van der Waals surface area contributed by atoms with Crippen LogP contribution in [0.25, 0.3) is 11.0 Å². The normalized spacial score (nSPS) is 17.3. The topological polar surface area (TPSA) is 53.1 Å². The Bertz CT molecular complexity index is 573. The van der Waals surface area contributed by atoms with Crippen molar-refractivity contribution in [3.05, 3.63) is 29.8 Å². The zero-order chi connectivity index (χ0) is 12.7. The summed E-state index contributed by atoms with van der Waals surface area (Å²) in [5, 5.41) is 0. The summed E-state index contributed by atoms with van der Waals surface area (Å²) < 4.78 is 21.2. The maximum Gasteiger partial charge on any atom is 0.151 e. The molecule has 0 bridgehead atoms. The average molecular weight is 249 g/mol. The van der Waals surface area contributed by atoms with E-state index in [2.05, 4.69) is 9.55 Å². The summed E-state index contributed by atoms with van der Waals surface area (Å²) in [7, 11) is 1.60. The second kappa shape index (κ2) is 4.33. The first-order chi connectivity index (χ1) is 8.76. The molecule has 1 aliphatic carbocycles. The predicted molar refractivity (Wildman–Crippen MR) is 66.8 cm³/mol. The van der Waals surface area contributed by atoms with E-state index in [1.165, 1.54) is 6.07 Å². The van der Waals surface area contributed by atoms with Gasteiger partial charge < -0.3 is 15.0 Å². The van der Waals surface area contributed by atoms with E-state index in [4.69, 9.17) is 10.5 Å². The van der Waals surface area contributed by atoms with Gasteiger partial charge >= 0.3 is 0 Å². The van der Waals surface area contributed by atoms with E-state index in [0.717, 1.165) is 24.2 Å². The Labute approximate surface area is 105 Å². The molecule has 1 heterocycles. The van der Waals surface area contributed by atoms with Crippen LogP contribution in [0.15, 0.2) is 18.2 Å². The summed E-state index contributed by atoms with van der Waals surface area (Å²) in [6.07, 6.45) is 1.93. The molecule has 5 heteroatoms. The van der Waals surface area contributed by atoms with Crippen LogP contribution in [0.3, 0.4) is 0 Å². The summed E-state index contributed by atoms with van der Waals surface area (Å²) in [6, 6.07) is 5.46. The minimum atomic E-state index is -0.292. The van der Waals surface area contributed by atoms with Crippen molar-refractivity contribution >= 4 is 11.0 Å². The van der Waals surface area contributed by atoms with Gasteiger partial charge in [0.25, 0.3) is 0 Å². The van der Waals surface area contributed by atoms with Gasteiger partial charge in [-0.25, -0.2) is 9.37 Å². The highest BCUT2D eigenvalue weighted by Gasteiger charge is 2.31. The van der Waals surface area contributed by atoms with E-state index >= 15 is 0 Å². The molecule has 0 spiro atoms. The Morgan fingerprint density at radius 1 is 1.56 bits per heavy atom. The summed E-state index contributed by atoms with van der Waals surface area (Å²) in [6.45, 7) is 0.341. The zero-order valence-corrected chi connectivity index (χ0v) is 10.3. The van der Waals surface area contributed by atoms with Crippen molar-refractivity contribution in [2.45, 2.75) is 25.0 Å². The molecule has 96 valence electrons. The van der Waals surface area contributed by atoms with Crippen molar-refractivity contribution in [3.63, 3.8) is 0 Å². The zero-order valence-electron chi connectivity index (χ0n) is 10.3. The first-order valence-corrected chi connectivity index (χ1v) is 6.15. The fourth-order valence-corrected chi connectivity index (χ4v) is 2.35. The molecule has 2 N–H and O–H groups in total. The number of rotatable bonds is 4. The third kappa shape index (κ3) is 1.71. The number of halogens is 1. The molecule has 1 aromatic carbocycles. The molecule has 0 amide bonds. The lowest BCUT2D eigenvalue weighted by molar-refractivity contribution is 0.100. The first kappa shape index (κ1) is 11.6. The minimum absolute atomic E-state index is 0.280. The number of ether oxygens (including phenoxy) is 1. The molecule has 0 saturated heterocycles. The Kier molecular flexibility index (Phi) is 2.80. The maximum atomic E-state index is 13.8. The number of fused-ring (bicyclic) bond motifs is 1. The van der Waals surface area contributed by atoms with Crippen LogP contribution in [0.2, 0.25) is 0 Å². The molecule has 1 saturated carbocycles. The number of hydrogen-bond donors (Lipinski definition) is 1. The van der Waals surface area contributed by atoms with Gasteiger partial charge in [-0.15, -0.1) is 0 Å². The molecule has 4 nitrogen and oxygen atoms in total. The molecule has 2 aromatic rings. The molecule has 1 aliphatic rings. The van der Waals surface area contributed by atoms with Gasteiger partial charge in [-0.1, -0.05) is 6.07 Å². The molecule has 0 aliphatic heterocycles. The van der Waals surface area contributed by atoms with E-state index in [1.54, 1.807) is 13.2 Å². The van der Waals surface area contributed by atoms with Crippen LogP contribution in [0, 0.1) is 5.82 Å². The van der Waals surface area contributed by atoms with Gasteiger partial charge in [-0.3, -0.25) is 0 Å². The van der Waals surface area contributed by atoms with E-state index in [9.17, 15) is 4.39 Å². The second-order valence-corrected chi connectivity index (χ2v) is 4.64. The number of para-hydroxylation sites is 1. The highest BCUT2D eigenvalue weighted by Crippen LogP contribution is 2.40. The van der Waals surface area contributed by atoms with Gasteiger partial charge in [0.15, 0.2) is 5.82 Å². The van der Waals surface area contributed by atoms with Gasteiger partial charge in [0.1, 0.15) is 17.4 Å². The Morgan fingerprint density at radius 2 is 2.33 bits per heavy atom. The monoisotopic (exact) mass is 249 g/mol. The largest absolute Gasteiger partial charge is 0.372 e. The number of imidazole rings is 1. The van der Waals surface area contributed by atoms with Crippen LogP contribution in [0.5, 0.6) is 0 Å². The Hall–Kier alpha value is -1.46. The summed E-state index contributed by atoms with van der Waals surface area (Å²) in [4.78, 5) is 4.40. The van der Waals surface area contributed by atoms with E-state index in [0.29, 0.717) is 18.1 Å². The lowest BCUT2D eigenvalue weighted by Gasteiger charge is -2.15. The predicted octanol–water partition coefficient (Wildman–Crippen LogP) is 2.16. The van der Waals surface area contributed by atoms with Crippen molar-refractivity contribution in [2.24, 2.45) is 5.73 Å². The molecule has 3 rings (SSSR count). The first-order valence-electron chi connectivity index (χ1n) is 6.15. The second-order valence-electron chi connectivity index (χ2n) is 4.64. The molecular formula is C13H16FN3O. The van der Waals surface area contributed by atoms with E-state index in [1.807, 2.05) is 6.07 Å². The number of nitrogens with two attached hydrogens (primary N) is 1. The SMILES string of the molecule is COC(CN)c1nc2c(F)cccc2n1C1CC1. The summed E-state index contributed by atoms with van der Waals surface area (Å²) >= 11 is 0. The molecule has 0 radical (unpaired) electrons. The number of nitrogens with zero attached hydrogens (tertiary/aromatic N) is 2. The quantitative estimate of drug-likeness (QED) is 0.903. The van der Waals surface area contributed by atoms with Gasteiger partial charge in [-0.2, -0.15) is 0 Å². The van der Waals surface area contributed by atoms with Crippen LogP contribution in [0.4, 0.5) is 4.39 Å². The van der Waals surface area contributed by atoms with Gasteiger partial charge in [0, 0.05) is 19.7 Å². The van der Waals surface area contributed by atoms with Crippen molar-refractivity contribution in [1.82, 2.24) is 9.55 Å². The Balaban J connectivity index is 2.23. The van der Waals surface area contributed by atoms with Crippen molar-refractivity contribution in [3.8, 4) is 0 Å². The molecule has 1 aromatic heterocycles. The highest BCUT2D eigenvalue weighted by molar-refractivity contribution is 5.77. The van der Waals surface area contributed by atoms with Crippen LogP contribution >= 0.6 is 0 Å². The smallest absolute Gasteiger partial charge is 0.151 e. The van der Waals surface area contributed by atoms with Crippen LogP contribution < -0.4 is 5.73 Å². The third-order valence-corrected chi connectivity index (χ3v) is 3.40. The van der Waals surface area contributed by atoms with Gasteiger partial charge in [0.2, 0.25) is 0 Å². The standard InChI is InChI=1S/C13H16FN3O/c1-18-11(7-15)13-16-12-9(14)3-2-4-10(12)17(13)8-5-6-8/h2-4,8,11H,5-7,15H2,1H3. The fraction of sp³-hybridized carbons (Fsp3) is 0.462. The lowest BCUT2D eigenvalue weighted by atomic mass is 10.3. The Morgan fingerprint density at radius 3 is 2.94 bits per heavy atom. The van der Waals surface area contributed by atoms with Crippen LogP contribution in [0.1, 0.15) is 30.8 Å². The molecular weight excluding hydrogens is 233 g/mol. The summed E-state index contributed by atoms with van der Waals surface area (Å²) in [5.41, 5.74) is 6.94. The van der Waals surface area contributed by atoms with Crippen molar-refractivity contribution in [1.29, 1.82) is 0 Å². The fourth-order valence-electron chi connectivity index (χ4n) is 2.35. The van der Waals surface area contributed by atoms with Gasteiger partial charge in [-0.05, 0) is 25.0 Å². The number of aromatic nitrogens is 2. The molecule has 18 heavy (non-hydrogen) atoms.